The molecule has 7 heteroatoms. The van der Waals surface area contributed by atoms with E-state index < -0.39 is 13.2 Å². The van der Waals surface area contributed by atoms with Crippen LogP contribution < -0.4 is 10.2 Å². The van der Waals surface area contributed by atoms with Crippen LogP contribution in [0.25, 0.3) is 11.4 Å². The van der Waals surface area contributed by atoms with E-state index >= 15 is 0 Å². The van der Waals surface area contributed by atoms with Crippen molar-refractivity contribution in [1.82, 2.24) is 9.97 Å². The van der Waals surface area contributed by atoms with E-state index in [1.54, 1.807) is 12.4 Å². The first-order chi connectivity index (χ1) is 12.7. The van der Waals surface area contributed by atoms with Crippen molar-refractivity contribution in [2.24, 2.45) is 0 Å². The molecule has 2 aromatic rings. The highest BCUT2D eigenvalue weighted by atomic mass is 16.7. The van der Waals surface area contributed by atoms with Crippen molar-refractivity contribution in [1.29, 1.82) is 0 Å². The number of ether oxygens (including phenoxy) is 1. The molecular formula is C20H27BN2O4. The van der Waals surface area contributed by atoms with E-state index in [9.17, 15) is 5.11 Å². The number of hydrogen-bond acceptors (Lipinski definition) is 6. The average Bonchev–Trinajstić information content (AvgIpc) is 2.88. The third-order valence-corrected chi connectivity index (χ3v) is 5.21. The van der Waals surface area contributed by atoms with Crippen molar-refractivity contribution in [3.63, 3.8) is 0 Å². The summed E-state index contributed by atoms with van der Waals surface area (Å²) in [6.07, 6.45) is 3.39. The van der Waals surface area contributed by atoms with Crippen molar-refractivity contribution in [3.8, 4) is 17.1 Å². The minimum Gasteiger partial charge on any atom is -0.488 e. The fourth-order valence-electron chi connectivity index (χ4n) is 2.65. The zero-order valence-corrected chi connectivity index (χ0v) is 16.6. The molecule has 6 nitrogen and oxygen atoms in total. The molecule has 1 saturated heterocycles. The highest BCUT2D eigenvalue weighted by Gasteiger charge is 2.51. The van der Waals surface area contributed by atoms with Crippen molar-refractivity contribution < 1.29 is 19.2 Å². The lowest BCUT2D eigenvalue weighted by Crippen LogP contribution is -2.41. The third kappa shape index (κ3) is 4.31. The Labute approximate surface area is 161 Å². The van der Waals surface area contributed by atoms with Gasteiger partial charge in [0.25, 0.3) is 0 Å². The van der Waals surface area contributed by atoms with Crippen LogP contribution in [0.15, 0.2) is 36.7 Å². The van der Waals surface area contributed by atoms with Gasteiger partial charge in [-0.1, -0.05) is 31.2 Å². The zero-order chi connectivity index (χ0) is 19.7. The third-order valence-electron chi connectivity index (χ3n) is 5.21. The van der Waals surface area contributed by atoms with Gasteiger partial charge in [0.05, 0.1) is 29.7 Å². The minimum atomic E-state index is -0.485. The quantitative estimate of drug-likeness (QED) is 0.788. The van der Waals surface area contributed by atoms with Gasteiger partial charge in [0.1, 0.15) is 6.61 Å². The molecule has 1 aliphatic heterocycles. The Morgan fingerprint density at radius 3 is 2.33 bits per heavy atom. The fraction of sp³-hybridized carbons (Fsp3) is 0.500. The molecule has 1 unspecified atom stereocenters. The number of aliphatic hydroxyl groups is 1. The van der Waals surface area contributed by atoms with Crippen LogP contribution in [0.1, 0.15) is 41.0 Å². The predicted octanol–water partition coefficient (Wildman–Crippen LogP) is 2.59. The summed E-state index contributed by atoms with van der Waals surface area (Å²) in [6, 6.07) is 7.86. The normalized spacial score (nSPS) is 19.1. The molecule has 1 N–H and O–H groups in total. The van der Waals surface area contributed by atoms with E-state index in [2.05, 4.69) is 9.97 Å². The molecule has 1 aromatic heterocycles. The Kier molecular flexibility index (Phi) is 5.56. The minimum absolute atomic E-state index is 0.233. The number of nitrogens with zero attached hydrogens (tertiary/aromatic N) is 2. The van der Waals surface area contributed by atoms with Crippen LogP contribution in [0.2, 0.25) is 0 Å². The lowest BCUT2D eigenvalue weighted by atomic mass is 9.78. The Hall–Kier alpha value is -1.96. The highest BCUT2D eigenvalue weighted by Crippen LogP contribution is 2.36. The Morgan fingerprint density at radius 2 is 1.74 bits per heavy atom. The summed E-state index contributed by atoms with van der Waals surface area (Å²) in [5, 5.41) is 9.57. The van der Waals surface area contributed by atoms with Gasteiger partial charge in [-0.05, 0) is 39.6 Å². The largest absolute Gasteiger partial charge is 0.494 e. The number of aliphatic hydroxyl groups excluding tert-OH is 1. The van der Waals surface area contributed by atoms with E-state index in [-0.39, 0.29) is 17.8 Å². The summed E-state index contributed by atoms with van der Waals surface area (Å²) in [7, 11) is -0.423. The van der Waals surface area contributed by atoms with Crippen molar-refractivity contribution >= 4 is 12.6 Å². The lowest BCUT2D eigenvalue weighted by Gasteiger charge is -2.32. The summed E-state index contributed by atoms with van der Waals surface area (Å²) >= 11 is 0. The zero-order valence-electron chi connectivity index (χ0n) is 16.6. The molecule has 0 radical (unpaired) electrons. The van der Waals surface area contributed by atoms with Crippen LogP contribution in [-0.2, 0) is 9.31 Å². The molecule has 1 aromatic carbocycles. The van der Waals surface area contributed by atoms with E-state index in [4.69, 9.17) is 14.0 Å². The number of rotatable bonds is 6. The highest BCUT2D eigenvalue weighted by molar-refractivity contribution is 6.62. The van der Waals surface area contributed by atoms with Crippen molar-refractivity contribution in [2.45, 2.75) is 58.3 Å². The van der Waals surface area contributed by atoms with Crippen molar-refractivity contribution in [2.75, 3.05) is 6.61 Å². The summed E-state index contributed by atoms with van der Waals surface area (Å²) in [5.41, 5.74) is 1.04. The molecule has 1 aliphatic rings. The standard InChI is InChI=1S/C20H27BN2O4/c1-6-16(24)13-25-17-11-22-18(23-12-17)14-8-7-9-15(10-14)21-26-19(2,3)20(4,5)27-21/h7-12,16,24H,6,13H2,1-5H3. The van der Waals surface area contributed by atoms with Gasteiger partial charge in [-0.25, -0.2) is 9.97 Å². The van der Waals surface area contributed by atoms with Crippen LogP contribution in [-0.4, -0.2) is 46.1 Å². The second-order valence-corrected chi connectivity index (χ2v) is 7.83. The molecular weight excluding hydrogens is 343 g/mol. The van der Waals surface area contributed by atoms with Gasteiger partial charge in [0.15, 0.2) is 11.6 Å². The first-order valence-corrected chi connectivity index (χ1v) is 9.31. The van der Waals surface area contributed by atoms with Gasteiger partial charge >= 0.3 is 7.12 Å². The van der Waals surface area contributed by atoms with E-state index in [1.807, 2.05) is 58.9 Å². The molecule has 1 atom stereocenters. The molecule has 144 valence electrons. The van der Waals surface area contributed by atoms with Gasteiger partial charge in [-0.2, -0.15) is 0 Å². The van der Waals surface area contributed by atoms with Gasteiger partial charge in [-0.3, -0.25) is 0 Å². The summed E-state index contributed by atoms with van der Waals surface area (Å²) in [5.74, 6) is 1.13. The maximum atomic E-state index is 9.57. The first kappa shape index (κ1) is 19.8. The van der Waals surface area contributed by atoms with E-state index in [1.165, 1.54) is 0 Å². The van der Waals surface area contributed by atoms with Gasteiger partial charge in [0, 0.05) is 5.56 Å². The van der Waals surface area contributed by atoms with Gasteiger partial charge < -0.3 is 19.2 Å². The molecule has 0 saturated carbocycles. The van der Waals surface area contributed by atoms with Crippen LogP contribution in [0.4, 0.5) is 0 Å². The molecule has 2 heterocycles. The molecule has 3 rings (SSSR count). The topological polar surface area (TPSA) is 73.7 Å². The molecule has 0 bridgehead atoms. The molecule has 1 fully saturated rings. The summed E-state index contributed by atoms with van der Waals surface area (Å²) in [6.45, 7) is 10.3. The monoisotopic (exact) mass is 370 g/mol. The smallest absolute Gasteiger partial charge is 0.488 e. The maximum absolute atomic E-state index is 9.57. The Bertz CT molecular complexity index is 764. The fourth-order valence-corrected chi connectivity index (χ4v) is 2.65. The SMILES string of the molecule is CCC(O)COc1cnc(-c2cccc(B3OC(C)(C)C(C)(C)O3)c2)nc1. The Balaban J connectivity index is 1.74. The molecule has 0 aliphatic carbocycles. The van der Waals surface area contributed by atoms with Crippen LogP contribution >= 0.6 is 0 Å². The number of hydrogen-bond donors (Lipinski definition) is 1. The summed E-state index contributed by atoms with van der Waals surface area (Å²) < 4.78 is 17.7. The second kappa shape index (κ2) is 7.58. The number of aromatic nitrogens is 2. The first-order valence-electron chi connectivity index (χ1n) is 9.31. The van der Waals surface area contributed by atoms with E-state index in [0.717, 1.165) is 11.0 Å². The van der Waals surface area contributed by atoms with Gasteiger partial charge in [0.2, 0.25) is 0 Å². The second-order valence-electron chi connectivity index (χ2n) is 7.83. The van der Waals surface area contributed by atoms with Crippen LogP contribution in [0, 0.1) is 0 Å². The van der Waals surface area contributed by atoms with Crippen molar-refractivity contribution in [3.05, 3.63) is 36.7 Å². The number of benzene rings is 1. The average molecular weight is 370 g/mol. The summed E-state index contributed by atoms with van der Waals surface area (Å²) in [4.78, 5) is 8.76. The van der Waals surface area contributed by atoms with Crippen LogP contribution in [0.5, 0.6) is 5.75 Å². The van der Waals surface area contributed by atoms with Gasteiger partial charge in [-0.15, -0.1) is 0 Å². The molecule has 0 spiro atoms. The van der Waals surface area contributed by atoms with Crippen LogP contribution in [0.3, 0.4) is 0 Å². The van der Waals surface area contributed by atoms with E-state index in [0.29, 0.717) is 18.0 Å². The predicted molar refractivity (Wildman–Crippen MR) is 105 cm³/mol. The lowest BCUT2D eigenvalue weighted by molar-refractivity contribution is 0.00578. The maximum Gasteiger partial charge on any atom is 0.494 e. The molecule has 0 amide bonds. The Morgan fingerprint density at radius 1 is 1.11 bits per heavy atom. The molecule has 27 heavy (non-hydrogen) atoms.